The van der Waals surface area contributed by atoms with Crippen molar-refractivity contribution in [2.45, 2.75) is 39.5 Å². The van der Waals surface area contributed by atoms with Crippen LogP contribution in [0.4, 0.5) is 0 Å². The summed E-state index contributed by atoms with van der Waals surface area (Å²) < 4.78 is 0. The number of aromatic nitrogens is 4. The number of rotatable bonds is 3. The van der Waals surface area contributed by atoms with Crippen LogP contribution in [0.1, 0.15) is 42.7 Å². The van der Waals surface area contributed by atoms with E-state index in [1.807, 2.05) is 13.1 Å². The van der Waals surface area contributed by atoms with E-state index in [0.29, 0.717) is 5.92 Å². The average molecular weight is 419 g/mol. The van der Waals surface area contributed by atoms with Crippen LogP contribution >= 0.6 is 0 Å². The normalized spacial score (nSPS) is 12.9. The number of hydrogen-bond acceptors (Lipinski definition) is 2. The summed E-state index contributed by atoms with van der Waals surface area (Å²) in [5.41, 5.74) is 9.80. The van der Waals surface area contributed by atoms with Crippen molar-refractivity contribution in [1.82, 2.24) is 19.9 Å². The Kier molecular flexibility index (Phi) is 4.29. The summed E-state index contributed by atoms with van der Waals surface area (Å²) in [6, 6.07) is 20.0. The molecule has 0 atom stereocenters. The van der Waals surface area contributed by atoms with Crippen LogP contribution in [0.25, 0.3) is 44.4 Å². The molecule has 0 amide bonds. The number of fused-ring (bicyclic) bond motifs is 5. The maximum atomic E-state index is 4.94. The summed E-state index contributed by atoms with van der Waals surface area (Å²) in [5, 5.41) is 2.63. The SMILES string of the molecule is Cc1ncc(-c2ccc(-c3ccc4c5c(ccc4c3)-c3nc(C(C)C)[nH]c3CC5)cc2)[nH]1. The molecule has 2 N–H and O–H groups in total. The first-order valence-electron chi connectivity index (χ1n) is 11.3. The second-order valence-electron chi connectivity index (χ2n) is 9.09. The Hall–Kier alpha value is -3.66. The van der Waals surface area contributed by atoms with E-state index in [-0.39, 0.29) is 0 Å². The molecule has 6 rings (SSSR count). The molecule has 0 aliphatic heterocycles. The van der Waals surface area contributed by atoms with Gasteiger partial charge in [-0.05, 0) is 58.9 Å². The third-order valence-corrected chi connectivity index (χ3v) is 6.59. The van der Waals surface area contributed by atoms with Crippen LogP contribution in [0.3, 0.4) is 0 Å². The van der Waals surface area contributed by atoms with Crippen LogP contribution in [0.15, 0.2) is 60.8 Å². The van der Waals surface area contributed by atoms with Gasteiger partial charge in [-0.15, -0.1) is 0 Å². The molecular weight excluding hydrogens is 392 g/mol. The van der Waals surface area contributed by atoms with Crippen molar-refractivity contribution >= 4 is 10.8 Å². The van der Waals surface area contributed by atoms with Crippen LogP contribution < -0.4 is 0 Å². The van der Waals surface area contributed by atoms with E-state index in [2.05, 4.69) is 83.4 Å². The van der Waals surface area contributed by atoms with E-state index in [9.17, 15) is 0 Å². The van der Waals surface area contributed by atoms with Crippen molar-refractivity contribution in [2.24, 2.45) is 0 Å². The fourth-order valence-corrected chi connectivity index (χ4v) is 4.83. The molecule has 0 saturated heterocycles. The summed E-state index contributed by atoms with van der Waals surface area (Å²) in [4.78, 5) is 16.1. The number of nitrogens with one attached hydrogen (secondary N) is 2. The van der Waals surface area contributed by atoms with E-state index in [1.165, 1.54) is 38.7 Å². The molecule has 2 aromatic heterocycles. The van der Waals surface area contributed by atoms with Gasteiger partial charge in [0, 0.05) is 17.2 Å². The quantitative estimate of drug-likeness (QED) is 0.338. The zero-order valence-electron chi connectivity index (χ0n) is 18.7. The molecule has 32 heavy (non-hydrogen) atoms. The van der Waals surface area contributed by atoms with E-state index in [0.717, 1.165) is 41.4 Å². The van der Waals surface area contributed by atoms with Gasteiger partial charge in [0.2, 0.25) is 0 Å². The number of nitrogens with zero attached hydrogens (tertiary/aromatic N) is 2. The fourth-order valence-electron chi connectivity index (χ4n) is 4.83. The lowest BCUT2D eigenvalue weighted by Gasteiger charge is -2.18. The standard InChI is InChI=1S/C28H26N4/c1-16(2)28-31-25-13-12-23-22-10-8-20(14-21(22)9-11-24(23)27(25)32-28)18-4-6-19(7-5-18)26-15-29-17(3)30-26/h4-11,14-16H,12-13H2,1-3H3,(H,29,30)(H,31,32). The van der Waals surface area contributed by atoms with E-state index < -0.39 is 0 Å². The minimum absolute atomic E-state index is 0.413. The van der Waals surface area contributed by atoms with Gasteiger partial charge in [0.05, 0.1) is 17.6 Å². The zero-order valence-corrected chi connectivity index (χ0v) is 18.7. The molecule has 0 radical (unpaired) electrons. The van der Waals surface area contributed by atoms with Gasteiger partial charge in [-0.3, -0.25) is 0 Å². The molecule has 5 aromatic rings. The van der Waals surface area contributed by atoms with Crippen LogP contribution in [-0.4, -0.2) is 19.9 Å². The predicted octanol–water partition coefficient (Wildman–Crippen LogP) is 6.82. The summed E-state index contributed by atoms with van der Waals surface area (Å²) in [5.74, 6) is 2.44. The first-order chi connectivity index (χ1) is 15.6. The van der Waals surface area contributed by atoms with Gasteiger partial charge in [0.1, 0.15) is 11.6 Å². The van der Waals surface area contributed by atoms with Crippen LogP contribution in [0.2, 0.25) is 0 Å². The maximum Gasteiger partial charge on any atom is 0.109 e. The Balaban J connectivity index is 1.38. The van der Waals surface area contributed by atoms with Crippen LogP contribution in [0, 0.1) is 6.92 Å². The second-order valence-corrected chi connectivity index (χ2v) is 9.09. The highest BCUT2D eigenvalue weighted by Gasteiger charge is 2.22. The predicted molar refractivity (Wildman–Crippen MR) is 131 cm³/mol. The van der Waals surface area contributed by atoms with Crippen molar-refractivity contribution < 1.29 is 0 Å². The summed E-state index contributed by atoms with van der Waals surface area (Å²) >= 11 is 0. The zero-order chi connectivity index (χ0) is 21.8. The molecular formula is C28H26N4. The number of hydrogen-bond donors (Lipinski definition) is 2. The first kappa shape index (κ1) is 19.1. The molecule has 4 heteroatoms. The third kappa shape index (κ3) is 3.06. The number of H-pyrrole nitrogens is 2. The highest BCUT2D eigenvalue weighted by atomic mass is 14.9. The highest BCUT2D eigenvalue weighted by Crippen LogP contribution is 2.38. The van der Waals surface area contributed by atoms with Crippen LogP contribution in [-0.2, 0) is 12.8 Å². The Bertz CT molecular complexity index is 1450. The van der Waals surface area contributed by atoms with Gasteiger partial charge in [-0.1, -0.05) is 62.4 Å². The molecule has 0 bridgehead atoms. The van der Waals surface area contributed by atoms with Crippen molar-refractivity contribution in [3.05, 3.63) is 83.7 Å². The summed E-state index contributed by atoms with van der Waals surface area (Å²) in [6.45, 7) is 6.35. The molecule has 1 aliphatic carbocycles. The van der Waals surface area contributed by atoms with E-state index >= 15 is 0 Å². The molecule has 4 nitrogen and oxygen atoms in total. The number of aromatic amines is 2. The molecule has 0 saturated carbocycles. The van der Waals surface area contributed by atoms with Gasteiger partial charge in [-0.25, -0.2) is 9.97 Å². The van der Waals surface area contributed by atoms with Crippen molar-refractivity contribution in [3.8, 4) is 33.6 Å². The largest absolute Gasteiger partial charge is 0.345 e. The van der Waals surface area contributed by atoms with Gasteiger partial charge in [0.15, 0.2) is 0 Å². The summed E-state index contributed by atoms with van der Waals surface area (Å²) in [6.07, 6.45) is 3.97. The Morgan fingerprint density at radius 2 is 1.62 bits per heavy atom. The smallest absolute Gasteiger partial charge is 0.109 e. The Morgan fingerprint density at radius 3 is 2.38 bits per heavy atom. The van der Waals surface area contributed by atoms with Gasteiger partial charge < -0.3 is 9.97 Å². The van der Waals surface area contributed by atoms with Crippen molar-refractivity contribution in [3.63, 3.8) is 0 Å². The minimum Gasteiger partial charge on any atom is -0.345 e. The van der Waals surface area contributed by atoms with Gasteiger partial charge in [0.25, 0.3) is 0 Å². The lowest BCUT2D eigenvalue weighted by Crippen LogP contribution is -2.04. The topological polar surface area (TPSA) is 57.4 Å². The lowest BCUT2D eigenvalue weighted by molar-refractivity contribution is 0.787. The average Bonchev–Trinajstić information content (AvgIpc) is 3.45. The molecule has 0 unspecified atom stereocenters. The molecule has 3 aromatic carbocycles. The third-order valence-electron chi connectivity index (χ3n) is 6.59. The first-order valence-corrected chi connectivity index (χ1v) is 11.3. The fraction of sp³-hybridized carbons (Fsp3) is 0.214. The van der Waals surface area contributed by atoms with Crippen molar-refractivity contribution in [2.75, 3.05) is 0 Å². The molecule has 0 spiro atoms. The van der Waals surface area contributed by atoms with E-state index in [4.69, 9.17) is 4.98 Å². The van der Waals surface area contributed by atoms with Crippen LogP contribution in [0.5, 0.6) is 0 Å². The second kappa shape index (κ2) is 7.20. The van der Waals surface area contributed by atoms with Crippen molar-refractivity contribution in [1.29, 1.82) is 0 Å². The molecule has 1 aliphatic rings. The van der Waals surface area contributed by atoms with E-state index in [1.54, 1.807) is 0 Å². The number of imidazole rings is 2. The lowest BCUT2D eigenvalue weighted by atomic mass is 9.87. The summed E-state index contributed by atoms with van der Waals surface area (Å²) in [7, 11) is 0. The molecule has 2 heterocycles. The number of aryl methyl sites for hydroxylation is 3. The number of benzene rings is 3. The molecule has 158 valence electrons. The van der Waals surface area contributed by atoms with Gasteiger partial charge >= 0.3 is 0 Å². The molecule has 0 fully saturated rings. The minimum atomic E-state index is 0.413. The monoisotopic (exact) mass is 418 g/mol. The van der Waals surface area contributed by atoms with Gasteiger partial charge in [-0.2, -0.15) is 0 Å². The Morgan fingerprint density at radius 1 is 0.844 bits per heavy atom. The maximum absolute atomic E-state index is 4.94. The highest BCUT2D eigenvalue weighted by molar-refractivity contribution is 5.95. The Labute approximate surface area is 187 Å².